The van der Waals surface area contributed by atoms with Crippen molar-refractivity contribution < 1.29 is 0 Å². The van der Waals surface area contributed by atoms with E-state index in [0.717, 1.165) is 28.2 Å². The molecule has 3 aromatic carbocycles. The summed E-state index contributed by atoms with van der Waals surface area (Å²) in [5.74, 6) is 0.914. The molecule has 118 valence electrons. The van der Waals surface area contributed by atoms with Crippen LogP contribution >= 0.6 is 0 Å². The molecule has 5 rings (SSSR count). The van der Waals surface area contributed by atoms with Crippen molar-refractivity contribution in [3.05, 3.63) is 91.1 Å². The maximum Gasteiger partial charge on any atom is 0.178 e. The summed E-state index contributed by atoms with van der Waals surface area (Å²) in [6.07, 6.45) is 1.79. The third-order valence-corrected chi connectivity index (χ3v) is 4.48. The van der Waals surface area contributed by atoms with E-state index in [2.05, 4.69) is 70.2 Å². The molecular weight excluding hydrogens is 306 g/mol. The molecule has 0 aliphatic rings. The van der Waals surface area contributed by atoms with Crippen LogP contribution in [0.2, 0.25) is 0 Å². The topological polar surface area (TPSA) is 30.7 Å². The monoisotopic (exact) mass is 321 g/mol. The first-order valence-electron chi connectivity index (χ1n) is 8.29. The van der Waals surface area contributed by atoms with Crippen molar-refractivity contribution in [3.63, 3.8) is 0 Å². The summed E-state index contributed by atoms with van der Waals surface area (Å²) in [7, 11) is 0. The van der Waals surface area contributed by atoms with Gasteiger partial charge in [0.2, 0.25) is 0 Å². The normalized spacial score (nSPS) is 11.2. The van der Waals surface area contributed by atoms with Gasteiger partial charge in [0.1, 0.15) is 5.82 Å². The van der Waals surface area contributed by atoms with Crippen molar-refractivity contribution in [3.8, 4) is 17.1 Å². The zero-order valence-electron chi connectivity index (χ0n) is 13.5. The lowest BCUT2D eigenvalue weighted by atomic mass is 10.0. The third kappa shape index (κ3) is 2.21. The van der Waals surface area contributed by atoms with E-state index in [-0.39, 0.29) is 0 Å². The first kappa shape index (κ1) is 13.9. The van der Waals surface area contributed by atoms with E-state index in [1.165, 1.54) is 10.8 Å². The van der Waals surface area contributed by atoms with Crippen molar-refractivity contribution in [2.45, 2.75) is 0 Å². The standard InChI is InChI=1S/C22H15N3/c1-2-10-17(11-3-1)25-20-14-7-15-23-21(20)24-22(25)19-13-6-9-16-8-4-5-12-18(16)19/h1-15H. The summed E-state index contributed by atoms with van der Waals surface area (Å²) >= 11 is 0. The first-order valence-corrected chi connectivity index (χ1v) is 8.29. The highest BCUT2D eigenvalue weighted by atomic mass is 15.1. The van der Waals surface area contributed by atoms with E-state index in [9.17, 15) is 0 Å². The molecule has 2 aromatic heterocycles. The van der Waals surface area contributed by atoms with Crippen LogP contribution in [0.1, 0.15) is 0 Å². The summed E-state index contributed by atoms with van der Waals surface area (Å²) in [6.45, 7) is 0. The number of hydrogen-bond donors (Lipinski definition) is 0. The summed E-state index contributed by atoms with van der Waals surface area (Å²) in [5, 5.41) is 2.40. The number of aromatic nitrogens is 3. The number of fused-ring (bicyclic) bond motifs is 2. The highest BCUT2D eigenvalue weighted by Crippen LogP contribution is 2.32. The van der Waals surface area contributed by atoms with Crippen molar-refractivity contribution in [2.75, 3.05) is 0 Å². The number of rotatable bonds is 2. The van der Waals surface area contributed by atoms with Gasteiger partial charge in [0, 0.05) is 17.4 Å². The zero-order chi connectivity index (χ0) is 16.6. The van der Waals surface area contributed by atoms with Crippen molar-refractivity contribution >= 4 is 21.9 Å². The van der Waals surface area contributed by atoms with Gasteiger partial charge in [-0.2, -0.15) is 0 Å². The molecule has 0 unspecified atom stereocenters. The Morgan fingerprint density at radius 1 is 0.680 bits per heavy atom. The Morgan fingerprint density at radius 3 is 2.40 bits per heavy atom. The van der Waals surface area contributed by atoms with E-state index in [1.807, 2.05) is 24.3 Å². The number of pyridine rings is 1. The van der Waals surface area contributed by atoms with Crippen LogP contribution in [0.15, 0.2) is 91.1 Å². The SMILES string of the molecule is c1ccc(-n2c(-c3cccc4ccccc34)nc3ncccc32)cc1. The van der Waals surface area contributed by atoms with E-state index in [4.69, 9.17) is 4.98 Å². The Morgan fingerprint density at radius 2 is 1.48 bits per heavy atom. The predicted octanol–water partition coefficient (Wildman–Crippen LogP) is 5.24. The zero-order valence-corrected chi connectivity index (χ0v) is 13.5. The van der Waals surface area contributed by atoms with Gasteiger partial charge in [-0.1, -0.05) is 60.7 Å². The van der Waals surface area contributed by atoms with Crippen LogP contribution in [0, 0.1) is 0 Å². The van der Waals surface area contributed by atoms with Crippen LogP contribution in [0.25, 0.3) is 39.0 Å². The molecule has 0 saturated heterocycles. The van der Waals surface area contributed by atoms with Gasteiger partial charge in [-0.15, -0.1) is 0 Å². The maximum absolute atomic E-state index is 4.86. The number of hydrogen-bond acceptors (Lipinski definition) is 2. The minimum atomic E-state index is 0.759. The van der Waals surface area contributed by atoms with Gasteiger partial charge in [-0.25, -0.2) is 9.97 Å². The fourth-order valence-electron chi connectivity index (χ4n) is 3.35. The van der Waals surface area contributed by atoms with Gasteiger partial charge in [-0.3, -0.25) is 4.57 Å². The molecule has 0 spiro atoms. The fourth-order valence-corrected chi connectivity index (χ4v) is 3.35. The maximum atomic E-state index is 4.86. The molecule has 0 bridgehead atoms. The van der Waals surface area contributed by atoms with Gasteiger partial charge in [-0.05, 0) is 35.0 Å². The Bertz CT molecular complexity index is 1180. The lowest BCUT2D eigenvalue weighted by Gasteiger charge is -2.11. The largest absolute Gasteiger partial charge is 0.291 e. The summed E-state index contributed by atoms with van der Waals surface area (Å²) in [4.78, 5) is 9.32. The minimum Gasteiger partial charge on any atom is -0.291 e. The predicted molar refractivity (Wildman–Crippen MR) is 102 cm³/mol. The van der Waals surface area contributed by atoms with Crippen LogP contribution in [-0.4, -0.2) is 14.5 Å². The minimum absolute atomic E-state index is 0.759. The van der Waals surface area contributed by atoms with Crippen LogP contribution in [-0.2, 0) is 0 Å². The molecule has 3 heteroatoms. The summed E-state index contributed by atoms with van der Waals surface area (Å²) in [6, 6.07) is 29.1. The molecule has 0 saturated carbocycles. The number of imidazole rings is 1. The Balaban J connectivity index is 1.91. The Labute approximate surface area is 145 Å². The van der Waals surface area contributed by atoms with E-state index < -0.39 is 0 Å². The van der Waals surface area contributed by atoms with E-state index >= 15 is 0 Å². The van der Waals surface area contributed by atoms with Crippen molar-refractivity contribution in [2.24, 2.45) is 0 Å². The van der Waals surface area contributed by atoms with Gasteiger partial charge >= 0.3 is 0 Å². The molecule has 0 amide bonds. The second-order valence-corrected chi connectivity index (χ2v) is 5.98. The number of nitrogens with zero attached hydrogens (tertiary/aromatic N) is 3. The van der Waals surface area contributed by atoms with E-state index in [1.54, 1.807) is 6.20 Å². The summed E-state index contributed by atoms with van der Waals surface area (Å²) < 4.78 is 2.18. The van der Waals surface area contributed by atoms with Crippen molar-refractivity contribution in [1.29, 1.82) is 0 Å². The molecule has 0 aliphatic heterocycles. The van der Waals surface area contributed by atoms with Crippen LogP contribution < -0.4 is 0 Å². The smallest absolute Gasteiger partial charge is 0.178 e. The fraction of sp³-hybridized carbons (Fsp3) is 0. The lowest BCUT2D eigenvalue weighted by Crippen LogP contribution is -1.97. The second kappa shape index (κ2) is 5.56. The van der Waals surface area contributed by atoms with Gasteiger partial charge < -0.3 is 0 Å². The average Bonchev–Trinajstić information content (AvgIpc) is 3.07. The van der Waals surface area contributed by atoms with Crippen molar-refractivity contribution in [1.82, 2.24) is 14.5 Å². The van der Waals surface area contributed by atoms with Crippen LogP contribution in [0.3, 0.4) is 0 Å². The van der Waals surface area contributed by atoms with E-state index in [0.29, 0.717) is 0 Å². The molecule has 0 radical (unpaired) electrons. The quantitative estimate of drug-likeness (QED) is 0.445. The third-order valence-electron chi connectivity index (χ3n) is 4.48. The van der Waals surface area contributed by atoms with Gasteiger partial charge in [0.25, 0.3) is 0 Å². The highest BCUT2D eigenvalue weighted by molar-refractivity contribution is 5.97. The number of benzene rings is 3. The molecule has 5 aromatic rings. The Hall–Kier alpha value is -3.46. The molecule has 3 nitrogen and oxygen atoms in total. The van der Waals surface area contributed by atoms with Crippen LogP contribution in [0.5, 0.6) is 0 Å². The molecule has 0 aliphatic carbocycles. The average molecular weight is 321 g/mol. The lowest BCUT2D eigenvalue weighted by molar-refractivity contribution is 1.11. The Kier molecular flexibility index (Phi) is 3.10. The highest BCUT2D eigenvalue weighted by Gasteiger charge is 2.16. The molecule has 2 heterocycles. The molecule has 0 atom stereocenters. The molecule has 0 fully saturated rings. The van der Waals surface area contributed by atoms with Gasteiger partial charge in [0.05, 0.1) is 5.52 Å². The molecule has 25 heavy (non-hydrogen) atoms. The van der Waals surface area contributed by atoms with Crippen LogP contribution in [0.4, 0.5) is 0 Å². The first-order chi connectivity index (χ1) is 12.4. The molecule has 0 N–H and O–H groups in total. The number of para-hydroxylation sites is 1. The second-order valence-electron chi connectivity index (χ2n) is 5.98. The summed E-state index contributed by atoms with van der Waals surface area (Å²) in [5.41, 5.74) is 3.96. The molecular formula is C22H15N3. The van der Waals surface area contributed by atoms with Gasteiger partial charge in [0.15, 0.2) is 5.65 Å².